The summed E-state index contributed by atoms with van der Waals surface area (Å²) in [4.78, 5) is 0. The summed E-state index contributed by atoms with van der Waals surface area (Å²) in [6, 6.07) is 0. The number of ether oxygens (including phenoxy) is 1. The van der Waals surface area contributed by atoms with Crippen molar-refractivity contribution in [3.8, 4) is 0 Å². The van der Waals surface area contributed by atoms with E-state index in [1.165, 1.54) is 0 Å². The lowest BCUT2D eigenvalue weighted by Crippen LogP contribution is -2.17. The van der Waals surface area contributed by atoms with E-state index in [4.69, 9.17) is 4.74 Å². The van der Waals surface area contributed by atoms with Crippen molar-refractivity contribution in [2.75, 3.05) is 0 Å². The predicted molar refractivity (Wildman–Crippen MR) is 41.9 cm³/mol. The van der Waals surface area contributed by atoms with Crippen molar-refractivity contribution in [2.45, 2.75) is 37.6 Å². The molecule has 0 aromatic rings. The Kier molecular flexibility index (Phi) is 2.69. The molecule has 0 aliphatic carbocycles. The predicted octanol–water partition coefficient (Wildman–Crippen LogP) is 2.49. The third-order valence-corrected chi connectivity index (χ3v) is 2.77. The molecule has 1 rings (SSSR count). The van der Waals surface area contributed by atoms with Gasteiger partial charge in [0.1, 0.15) is 11.2 Å². The first-order chi connectivity index (χ1) is 4.66. The molecular weight excluding hydrogens is 199 g/mol. The first-order valence-electron chi connectivity index (χ1n) is 3.60. The molecule has 0 amide bonds. The van der Waals surface area contributed by atoms with Gasteiger partial charge in [0.05, 0.1) is 6.10 Å². The van der Waals surface area contributed by atoms with Gasteiger partial charge in [-0.3, -0.25) is 0 Å². The van der Waals surface area contributed by atoms with Gasteiger partial charge >= 0.3 is 0 Å². The summed E-state index contributed by atoms with van der Waals surface area (Å²) in [7, 11) is 0. The van der Waals surface area contributed by atoms with E-state index < -0.39 is 6.17 Å². The van der Waals surface area contributed by atoms with Crippen LogP contribution in [-0.4, -0.2) is 17.3 Å². The van der Waals surface area contributed by atoms with Crippen molar-refractivity contribution in [1.29, 1.82) is 0 Å². The van der Waals surface area contributed by atoms with Crippen LogP contribution in [0.15, 0.2) is 0 Å². The highest BCUT2D eigenvalue weighted by atomic mass is 79.9. The fourth-order valence-electron chi connectivity index (χ4n) is 1.28. The topological polar surface area (TPSA) is 9.23 Å². The van der Waals surface area contributed by atoms with Crippen molar-refractivity contribution >= 4 is 15.9 Å². The van der Waals surface area contributed by atoms with Gasteiger partial charge in [-0.15, -0.1) is 0 Å². The van der Waals surface area contributed by atoms with Gasteiger partial charge in [-0.1, -0.05) is 29.8 Å². The molecule has 1 aliphatic rings. The van der Waals surface area contributed by atoms with Gasteiger partial charge in [-0.25, -0.2) is 4.39 Å². The second-order valence-electron chi connectivity index (χ2n) is 2.74. The van der Waals surface area contributed by atoms with Crippen molar-refractivity contribution in [3.63, 3.8) is 0 Å². The highest BCUT2D eigenvalue weighted by Crippen LogP contribution is 2.33. The Morgan fingerprint density at radius 1 is 1.60 bits per heavy atom. The molecule has 1 heterocycles. The Labute approximate surface area is 69.1 Å². The summed E-state index contributed by atoms with van der Waals surface area (Å²) in [5.74, 6) is 0.0365. The summed E-state index contributed by atoms with van der Waals surface area (Å²) in [6.07, 6.45) is 0.147. The molecule has 0 bridgehead atoms. The molecule has 0 aromatic carbocycles. The summed E-state index contributed by atoms with van der Waals surface area (Å²) in [5.41, 5.74) is 0. The third-order valence-electron chi connectivity index (χ3n) is 2.05. The monoisotopic (exact) mass is 210 g/mol. The van der Waals surface area contributed by atoms with Crippen LogP contribution in [0.2, 0.25) is 0 Å². The molecule has 1 fully saturated rings. The van der Waals surface area contributed by atoms with Gasteiger partial charge in [-0.05, 0) is 6.42 Å². The molecular formula is C7H12BrFO. The molecule has 1 saturated heterocycles. The van der Waals surface area contributed by atoms with Crippen LogP contribution in [0.4, 0.5) is 4.39 Å². The van der Waals surface area contributed by atoms with Gasteiger partial charge in [-0.2, -0.15) is 0 Å². The van der Waals surface area contributed by atoms with Crippen LogP contribution in [0, 0.1) is 5.92 Å². The summed E-state index contributed by atoms with van der Waals surface area (Å²) in [6.45, 7) is 3.90. The summed E-state index contributed by atoms with van der Waals surface area (Å²) < 4.78 is 18.3. The minimum absolute atomic E-state index is 0.0365. The standard InChI is InChI=1S/C7H12BrFO/c1-3-5-4(2)6(9)7(8)10-5/h4-7H,3H2,1-2H3/t4-,5+,6?,7?/m0/s1. The molecule has 0 radical (unpaired) electrons. The number of hydrogen-bond donors (Lipinski definition) is 0. The first-order valence-corrected chi connectivity index (χ1v) is 4.52. The Morgan fingerprint density at radius 3 is 2.40 bits per heavy atom. The highest BCUT2D eigenvalue weighted by Gasteiger charge is 2.39. The van der Waals surface area contributed by atoms with Crippen LogP contribution in [-0.2, 0) is 4.74 Å². The molecule has 3 heteroatoms. The van der Waals surface area contributed by atoms with Gasteiger partial charge in [0, 0.05) is 5.92 Å². The number of alkyl halides is 2. The van der Waals surface area contributed by atoms with E-state index in [2.05, 4.69) is 15.9 Å². The van der Waals surface area contributed by atoms with Crippen LogP contribution < -0.4 is 0 Å². The maximum absolute atomic E-state index is 13.0. The Bertz CT molecular complexity index is 120. The average Bonchev–Trinajstić information content (AvgIpc) is 2.17. The molecule has 0 saturated carbocycles. The van der Waals surface area contributed by atoms with E-state index >= 15 is 0 Å². The molecule has 0 N–H and O–H groups in total. The van der Waals surface area contributed by atoms with Gasteiger partial charge in [0.15, 0.2) is 0 Å². The van der Waals surface area contributed by atoms with Crippen molar-refractivity contribution in [2.24, 2.45) is 5.92 Å². The van der Waals surface area contributed by atoms with Gasteiger partial charge < -0.3 is 4.74 Å². The maximum atomic E-state index is 13.0. The average molecular weight is 211 g/mol. The third kappa shape index (κ3) is 1.35. The van der Waals surface area contributed by atoms with Crippen LogP contribution in [0.1, 0.15) is 20.3 Å². The first kappa shape index (κ1) is 8.47. The van der Waals surface area contributed by atoms with E-state index in [0.29, 0.717) is 0 Å². The molecule has 0 spiro atoms. The van der Waals surface area contributed by atoms with Crippen molar-refractivity contribution in [1.82, 2.24) is 0 Å². The van der Waals surface area contributed by atoms with E-state index in [0.717, 1.165) is 6.42 Å². The Balaban J connectivity index is 2.53. The quantitative estimate of drug-likeness (QED) is 0.605. The van der Waals surface area contributed by atoms with Crippen molar-refractivity contribution < 1.29 is 9.13 Å². The number of hydrogen-bond acceptors (Lipinski definition) is 1. The smallest absolute Gasteiger partial charge is 0.144 e. The summed E-state index contributed by atoms with van der Waals surface area (Å²) >= 11 is 3.13. The fourth-order valence-corrected chi connectivity index (χ4v) is 2.04. The zero-order chi connectivity index (χ0) is 7.72. The van der Waals surface area contributed by atoms with E-state index in [-0.39, 0.29) is 17.0 Å². The van der Waals surface area contributed by atoms with Crippen LogP contribution in [0.25, 0.3) is 0 Å². The Hall–Kier alpha value is 0.370. The zero-order valence-electron chi connectivity index (χ0n) is 6.18. The molecule has 0 aromatic heterocycles. The number of rotatable bonds is 1. The molecule has 1 nitrogen and oxygen atoms in total. The number of halogens is 2. The van der Waals surface area contributed by atoms with E-state index in [1.54, 1.807) is 0 Å². The molecule has 60 valence electrons. The molecule has 4 atom stereocenters. The fraction of sp³-hybridized carbons (Fsp3) is 1.00. The van der Waals surface area contributed by atoms with Crippen molar-refractivity contribution in [3.05, 3.63) is 0 Å². The minimum Gasteiger partial charge on any atom is -0.360 e. The zero-order valence-corrected chi connectivity index (χ0v) is 7.77. The molecule has 10 heavy (non-hydrogen) atoms. The normalized spacial score (nSPS) is 48.0. The van der Waals surface area contributed by atoms with E-state index in [1.807, 2.05) is 13.8 Å². The molecule has 1 aliphatic heterocycles. The second kappa shape index (κ2) is 3.18. The van der Waals surface area contributed by atoms with Gasteiger partial charge in [0.2, 0.25) is 0 Å². The lowest BCUT2D eigenvalue weighted by atomic mass is 10.0. The second-order valence-corrected chi connectivity index (χ2v) is 3.64. The van der Waals surface area contributed by atoms with Crippen LogP contribution in [0.5, 0.6) is 0 Å². The lowest BCUT2D eigenvalue weighted by molar-refractivity contribution is 0.0750. The van der Waals surface area contributed by atoms with Crippen LogP contribution >= 0.6 is 15.9 Å². The summed E-state index contributed by atoms with van der Waals surface area (Å²) in [5, 5.41) is -0.382. The van der Waals surface area contributed by atoms with Crippen LogP contribution in [0.3, 0.4) is 0 Å². The minimum atomic E-state index is -0.843. The van der Waals surface area contributed by atoms with E-state index in [9.17, 15) is 4.39 Å². The maximum Gasteiger partial charge on any atom is 0.144 e. The molecule has 2 unspecified atom stereocenters. The highest BCUT2D eigenvalue weighted by molar-refractivity contribution is 9.09. The Morgan fingerprint density at radius 2 is 2.20 bits per heavy atom. The lowest BCUT2D eigenvalue weighted by Gasteiger charge is -2.10. The largest absolute Gasteiger partial charge is 0.360 e. The SMILES string of the molecule is CC[C@H]1OC(Br)C(F)[C@H]1C. The van der Waals surface area contributed by atoms with Gasteiger partial charge in [0.25, 0.3) is 0 Å².